The van der Waals surface area contributed by atoms with Crippen molar-refractivity contribution in [3.63, 3.8) is 0 Å². The van der Waals surface area contributed by atoms with Crippen LogP contribution in [0.2, 0.25) is 0 Å². The average Bonchev–Trinajstić information content (AvgIpc) is 3.40. The molecule has 148 valence electrons. The van der Waals surface area contributed by atoms with Gasteiger partial charge in [-0.15, -0.1) is 10.2 Å². The lowest BCUT2D eigenvalue weighted by atomic mass is 10.1. The number of rotatable bonds is 8. The minimum Gasteiger partial charge on any atom is -0.349 e. The van der Waals surface area contributed by atoms with E-state index in [0.29, 0.717) is 48.1 Å². The summed E-state index contributed by atoms with van der Waals surface area (Å²) in [7, 11) is 0. The summed E-state index contributed by atoms with van der Waals surface area (Å²) < 4.78 is 7.15. The van der Waals surface area contributed by atoms with Crippen LogP contribution in [0, 0.1) is 0 Å². The average molecular weight is 390 g/mol. The number of nitrogens with zero attached hydrogens (tertiary/aromatic N) is 5. The van der Waals surface area contributed by atoms with Crippen LogP contribution >= 0.6 is 0 Å². The molecule has 1 amide bonds. The summed E-state index contributed by atoms with van der Waals surface area (Å²) in [6.07, 6.45) is 4.71. The number of aryl methyl sites for hydroxylation is 2. The summed E-state index contributed by atoms with van der Waals surface area (Å²) >= 11 is 0. The summed E-state index contributed by atoms with van der Waals surface area (Å²) in [5.74, 6) is 1.70. The fraction of sp³-hybridized carbons (Fsp3) is 0.286. The summed E-state index contributed by atoms with van der Waals surface area (Å²) in [4.78, 5) is 16.5. The van der Waals surface area contributed by atoms with Gasteiger partial charge in [0, 0.05) is 19.0 Å². The lowest BCUT2D eigenvalue weighted by molar-refractivity contribution is -0.121. The van der Waals surface area contributed by atoms with E-state index in [1.807, 2.05) is 47.9 Å². The van der Waals surface area contributed by atoms with Crippen molar-refractivity contribution < 1.29 is 9.32 Å². The van der Waals surface area contributed by atoms with Crippen LogP contribution < -0.4 is 5.32 Å². The number of hydrogen-bond donors (Lipinski definition) is 1. The highest BCUT2D eigenvalue weighted by molar-refractivity contribution is 5.76. The number of amides is 1. The van der Waals surface area contributed by atoms with Crippen LogP contribution in [-0.4, -0.2) is 30.6 Å². The van der Waals surface area contributed by atoms with Crippen molar-refractivity contribution in [3.05, 3.63) is 65.9 Å². The van der Waals surface area contributed by atoms with E-state index < -0.39 is 0 Å². The highest BCUT2D eigenvalue weighted by atomic mass is 16.5. The van der Waals surface area contributed by atoms with Crippen molar-refractivity contribution in [2.75, 3.05) is 0 Å². The van der Waals surface area contributed by atoms with Gasteiger partial charge in [-0.05, 0) is 30.5 Å². The van der Waals surface area contributed by atoms with Gasteiger partial charge < -0.3 is 9.84 Å². The number of aromatic nitrogens is 5. The van der Waals surface area contributed by atoms with Gasteiger partial charge in [0.15, 0.2) is 17.3 Å². The first-order valence-corrected chi connectivity index (χ1v) is 9.71. The molecule has 4 aromatic rings. The minimum atomic E-state index is -0.00155. The number of hydrogen-bond acceptors (Lipinski definition) is 6. The zero-order valence-electron chi connectivity index (χ0n) is 16.2. The van der Waals surface area contributed by atoms with Gasteiger partial charge in [0.05, 0.1) is 12.1 Å². The fourth-order valence-electron chi connectivity index (χ4n) is 3.12. The second kappa shape index (κ2) is 8.64. The zero-order valence-corrected chi connectivity index (χ0v) is 16.2. The maximum atomic E-state index is 12.2. The molecule has 8 nitrogen and oxygen atoms in total. The molecule has 1 aromatic carbocycles. The van der Waals surface area contributed by atoms with Gasteiger partial charge in [0.1, 0.15) is 0 Å². The SMILES string of the molecule is CCc1noc(-c2cccn3c(CNC(=O)CCCc4ccccc4)nnc23)n1. The predicted molar refractivity (Wildman–Crippen MR) is 107 cm³/mol. The van der Waals surface area contributed by atoms with Crippen molar-refractivity contribution in [2.24, 2.45) is 0 Å². The van der Waals surface area contributed by atoms with Crippen LogP contribution in [0.25, 0.3) is 17.1 Å². The summed E-state index contributed by atoms with van der Waals surface area (Å²) in [6, 6.07) is 13.9. The summed E-state index contributed by atoms with van der Waals surface area (Å²) in [5.41, 5.74) is 2.57. The fourth-order valence-corrected chi connectivity index (χ4v) is 3.12. The molecule has 0 aliphatic rings. The number of carbonyl (C=O) groups is 1. The third-order valence-electron chi connectivity index (χ3n) is 4.68. The van der Waals surface area contributed by atoms with Crippen molar-refractivity contribution in [2.45, 2.75) is 39.2 Å². The summed E-state index contributed by atoms with van der Waals surface area (Å²) in [5, 5.41) is 15.3. The topological polar surface area (TPSA) is 98.2 Å². The molecule has 0 radical (unpaired) electrons. The van der Waals surface area contributed by atoms with Gasteiger partial charge in [-0.1, -0.05) is 42.4 Å². The van der Waals surface area contributed by atoms with Crippen molar-refractivity contribution >= 4 is 11.6 Å². The van der Waals surface area contributed by atoms with E-state index in [2.05, 4.69) is 37.8 Å². The van der Waals surface area contributed by atoms with Gasteiger partial charge in [0.25, 0.3) is 5.89 Å². The molecule has 0 bridgehead atoms. The number of nitrogens with one attached hydrogen (secondary N) is 1. The number of carbonyl (C=O) groups excluding carboxylic acids is 1. The molecule has 1 N–H and O–H groups in total. The van der Waals surface area contributed by atoms with Crippen molar-refractivity contribution in [1.29, 1.82) is 0 Å². The molecule has 8 heteroatoms. The molecule has 0 aliphatic carbocycles. The molecule has 0 unspecified atom stereocenters. The second-order valence-electron chi connectivity index (χ2n) is 6.72. The number of fused-ring (bicyclic) bond motifs is 1. The largest absolute Gasteiger partial charge is 0.349 e. The van der Waals surface area contributed by atoms with Gasteiger partial charge in [-0.25, -0.2) is 0 Å². The first kappa shape index (κ1) is 18.8. The molecule has 4 rings (SSSR count). The monoisotopic (exact) mass is 390 g/mol. The molecule has 3 aromatic heterocycles. The highest BCUT2D eigenvalue weighted by Gasteiger charge is 2.16. The molecule has 0 fully saturated rings. The van der Waals surface area contributed by atoms with Gasteiger partial charge >= 0.3 is 0 Å². The van der Waals surface area contributed by atoms with E-state index in [9.17, 15) is 4.79 Å². The first-order valence-electron chi connectivity index (χ1n) is 9.71. The lowest BCUT2D eigenvalue weighted by Gasteiger charge is -2.05. The Morgan fingerprint density at radius 1 is 1.14 bits per heavy atom. The van der Waals surface area contributed by atoms with Crippen LogP contribution in [0.3, 0.4) is 0 Å². The molecule has 0 saturated carbocycles. The molecule has 0 spiro atoms. The molecule has 29 heavy (non-hydrogen) atoms. The van der Waals surface area contributed by atoms with E-state index in [-0.39, 0.29) is 5.91 Å². The molecule has 3 heterocycles. The Labute approximate surface area is 168 Å². The molecule has 0 aliphatic heterocycles. The maximum absolute atomic E-state index is 12.2. The molecular weight excluding hydrogens is 368 g/mol. The van der Waals surface area contributed by atoms with Crippen LogP contribution in [0.5, 0.6) is 0 Å². The summed E-state index contributed by atoms with van der Waals surface area (Å²) in [6.45, 7) is 2.27. The Bertz CT molecular complexity index is 1100. The molecule has 0 atom stereocenters. The van der Waals surface area contributed by atoms with Gasteiger partial charge in [-0.2, -0.15) is 4.98 Å². The van der Waals surface area contributed by atoms with Crippen LogP contribution in [-0.2, 0) is 24.2 Å². The van der Waals surface area contributed by atoms with Crippen LogP contribution in [0.1, 0.15) is 37.0 Å². The Morgan fingerprint density at radius 3 is 2.79 bits per heavy atom. The Balaban J connectivity index is 1.38. The quantitative estimate of drug-likeness (QED) is 0.497. The van der Waals surface area contributed by atoms with Crippen LogP contribution in [0.4, 0.5) is 0 Å². The zero-order chi connectivity index (χ0) is 20.1. The Hall–Kier alpha value is -3.55. The van der Waals surface area contributed by atoms with E-state index in [0.717, 1.165) is 12.8 Å². The molecule has 0 saturated heterocycles. The standard InChI is InChI=1S/C21H22N6O2/c1-2-17-23-21(29-26-17)16-11-7-13-27-18(24-25-20(16)27)14-22-19(28)12-6-10-15-8-4-3-5-9-15/h3-5,7-9,11,13H,2,6,10,12,14H2,1H3,(H,22,28). The first-order chi connectivity index (χ1) is 14.2. The third kappa shape index (κ3) is 4.31. The Kier molecular flexibility index (Phi) is 5.60. The number of benzene rings is 1. The second-order valence-corrected chi connectivity index (χ2v) is 6.72. The highest BCUT2D eigenvalue weighted by Crippen LogP contribution is 2.22. The maximum Gasteiger partial charge on any atom is 0.261 e. The van der Waals surface area contributed by atoms with Crippen molar-refractivity contribution in [1.82, 2.24) is 30.1 Å². The van der Waals surface area contributed by atoms with E-state index in [4.69, 9.17) is 4.52 Å². The third-order valence-corrected chi connectivity index (χ3v) is 4.68. The minimum absolute atomic E-state index is 0.00155. The van der Waals surface area contributed by atoms with Crippen molar-refractivity contribution in [3.8, 4) is 11.5 Å². The van der Waals surface area contributed by atoms with Gasteiger partial charge in [-0.3, -0.25) is 9.20 Å². The Morgan fingerprint density at radius 2 is 2.00 bits per heavy atom. The lowest BCUT2D eigenvalue weighted by Crippen LogP contribution is -2.23. The number of pyridine rings is 1. The van der Waals surface area contributed by atoms with Gasteiger partial charge in [0.2, 0.25) is 5.91 Å². The van der Waals surface area contributed by atoms with E-state index in [1.165, 1.54) is 5.56 Å². The predicted octanol–water partition coefficient (Wildman–Crippen LogP) is 2.98. The smallest absolute Gasteiger partial charge is 0.261 e. The normalized spacial score (nSPS) is 11.1. The van der Waals surface area contributed by atoms with E-state index in [1.54, 1.807) is 0 Å². The van der Waals surface area contributed by atoms with E-state index >= 15 is 0 Å². The molecular formula is C21H22N6O2. The van der Waals surface area contributed by atoms with Crippen LogP contribution in [0.15, 0.2) is 53.2 Å².